The molecule has 24 heavy (non-hydrogen) atoms. The summed E-state index contributed by atoms with van der Waals surface area (Å²) in [6.45, 7) is 5.08. The fourth-order valence-corrected chi connectivity index (χ4v) is 2.66. The van der Waals surface area contributed by atoms with Crippen LogP contribution in [-0.4, -0.2) is 46.6 Å². The molecule has 1 atom stereocenters. The van der Waals surface area contributed by atoms with Gasteiger partial charge in [0.25, 0.3) is 5.91 Å². The van der Waals surface area contributed by atoms with Crippen LogP contribution in [0.5, 0.6) is 11.6 Å². The largest absolute Gasteiger partial charge is 0.484 e. The number of hydrogen-bond acceptors (Lipinski definition) is 5. The number of aryl methyl sites for hydroxylation is 2. The first kappa shape index (κ1) is 16.2. The van der Waals surface area contributed by atoms with Crippen molar-refractivity contribution in [2.45, 2.75) is 26.4 Å². The molecule has 0 radical (unpaired) electrons. The van der Waals surface area contributed by atoms with Crippen LogP contribution in [0.1, 0.15) is 17.8 Å². The van der Waals surface area contributed by atoms with Gasteiger partial charge in [-0.3, -0.25) is 4.79 Å². The standard InChI is InChI=1S/C18H21N3O3/c1-13-4-3-5-15(10-13)23-12-18(22)21-9-7-16(11-21)24-17-6-8-19-14(2)20-17/h3-6,8,10,16H,7,9,11-12H2,1-2H3/t16-/m0/s1. The normalized spacial score (nSPS) is 16.9. The summed E-state index contributed by atoms with van der Waals surface area (Å²) in [7, 11) is 0. The maximum atomic E-state index is 12.3. The summed E-state index contributed by atoms with van der Waals surface area (Å²) in [4.78, 5) is 22.3. The predicted octanol–water partition coefficient (Wildman–Crippen LogP) is 2.15. The van der Waals surface area contributed by atoms with E-state index in [1.165, 1.54) is 0 Å². The van der Waals surface area contributed by atoms with Gasteiger partial charge in [-0.2, -0.15) is 4.98 Å². The summed E-state index contributed by atoms with van der Waals surface area (Å²) in [6, 6.07) is 9.41. The number of likely N-dealkylation sites (tertiary alicyclic amines) is 1. The molecule has 1 saturated heterocycles. The van der Waals surface area contributed by atoms with E-state index in [-0.39, 0.29) is 18.6 Å². The van der Waals surface area contributed by atoms with Gasteiger partial charge >= 0.3 is 0 Å². The van der Waals surface area contributed by atoms with E-state index >= 15 is 0 Å². The van der Waals surface area contributed by atoms with E-state index in [9.17, 15) is 4.79 Å². The Morgan fingerprint density at radius 2 is 2.21 bits per heavy atom. The zero-order valence-corrected chi connectivity index (χ0v) is 13.9. The predicted molar refractivity (Wildman–Crippen MR) is 89.1 cm³/mol. The number of ether oxygens (including phenoxy) is 2. The Morgan fingerprint density at radius 3 is 3.00 bits per heavy atom. The molecule has 126 valence electrons. The highest BCUT2D eigenvalue weighted by Gasteiger charge is 2.28. The van der Waals surface area contributed by atoms with Crippen molar-refractivity contribution in [2.75, 3.05) is 19.7 Å². The van der Waals surface area contributed by atoms with Crippen LogP contribution in [0, 0.1) is 13.8 Å². The van der Waals surface area contributed by atoms with Crippen molar-refractivity contribution in [2.24, 2.45) is 0 Å². The second-order valence-electron chi connectivity index (χ2n) is 5.92. The van der Waals surface area contributed by atoms with E-state index in [1.54, 1.807) is 17.2 Å². The van der Waals surface area contributed by atoms with Crippen molar-refractivity contribution in [3.05, 3.63) is 47.9 Å². The number of hydrogen-bond donors (Lipinski definition) is 0. The van der Waals surface area contributed by atoms with E-state index < -0.39 is 0 Å². The minimum absolute atomic E-state index is 0.0264. The van der Waals surface area contributed by atoms with Crippen LogP contribution in [0.2, 0.25) is 0 Å². The summed E-state index contributed by atoms with van der Waals surface area (Å²) in [5, 5.41) is 0. The van der Waals surface area contributed by atoms with Gasteiger partial charge in [0.2, 0.25) is 5.88 Å². The SMILES string of the molecule is Cc1cccc(OCC(=O)N2CC[C@H](Oc3ccnc(C)n3)C2)c1. The smallest absolute Gasteiger partial charge is 0.260 e. The maximum Gasteiger partial charge on any atom is 0.260 e. The molecular formula is C18H21N3O3. The van der Waals surface area contributed by atoms with Crippen LogP contribution < -0.4 is 9.47 Å². The summed E-state index contributed by atoms with van der Waals surface area (Å²) >= 11 is 0. The molecule has 0 unspecified atom stereocenters. The van der Waals surface area contributed by atoms with Crippen molar-refractivity contribution < 1.29 is 14.3 Å². The van der Waals surface area contributed by atoms with Crippen molar-refractivity contribution >= 4 is 5.91 Å². The lowest BCUT2D eigenvalue weighted by molar-refractivity contribution is -0.132. The average molecular weight is 327 g/mol. The van der Waals surface area contributed by atoms with Crippen LogP contribution in [0.25, 0.3) is 0 Å². The van der Waals surface area contributed by atoms with Gasteiger partial charge in [-0.25, -0.2) is 4.98 Å². The fourth-order valence-electron chi connectivity index (χ4n) is 2.66. The van der Waals surface area contributed by atoms with E-state index in [0.29, 0.717) is 30.5 Å². The molecule has 1 aliphatic rings. The number of carbonyl (C=O) groups excluding carboxylic acids is 1. The molecule has 3 rings (SSSR count). The van der Waals surface area contributed by atoms with Crippen LogP contribution >= 0.6 is 0 Å². The van der Waals surface area contributed by atoms with Crippen molar-refractivity contribution in [1.82, 2.24) is 14.9 Å². The zero-order chi connectivity index (χ0) is 16.9. The Labute approximate surface area is 141 Å². The van der Waals surface area contributed by atoms with Crippen LogP contribution in [0.3, 0.4) is 0 Å². The first-order valence-corrected chi connectivity index (χ1v) is 8.04. The lowest BCUT2D eigenvalue weighted by Gasteiger charge is -2.17. The van der Waals surface area contributed by atoms with Crippen molar-refractivity contribution in [1.29, 1.82) is 0 Å². The van der Waals surface area contributed by atoms with E-state index in [1.807, 2.05) is 38.1 Å². The highest BCUT2D eigenvalue weighted by molar-refractivity contribution is 5.78. The molecule has 1 aromatic carbocycles. The summed E-state index contributed by atoms with van der Waals surface area (Å²) in [6.07, 6.45) is 2.42. The third-order valence-corrected chi connectivity index (χ3v) is 3.89. The average Bonchev–Trinajstić information content (AvgIpc) is 3.01. The second-order valence-corrected chi connectivity index (χ2v) is 5.92. The lowest BCUT2D eigenvalue weighted by atomic mass is 10.2. The lowest BCUT2D eigenvalue weighted by Crippen LogP contribution is -2.34. The highest BCUT2D eigenvalue weighted by Crippen LogP contribution is 2.17. The van der Waals surface area contributed by atoms with Crippen molar-refractivity contribution in [3.63, 3.8) is 0 Å². The molecule has 0 bridgehead atoms. The van der Waals surface area contributed by atoms with E-state index in [0.717, 1.165) is 12.0 Å². The number of benzene rings is 1. The Bertz CT molecular complexity index is 720. The van der Waals surface area contributed by atoms with Gasteiger partial charge in [-0.15, -0.1) is 0 Å². The van der Waals surface area contributed by atoms with Gasteiger partial charge in [0.05, 0.1) is 6.54 Å². The molecule has 6 nitrogen and oxygen atoms in total. The molecule has 0 saturated carbocycles. The first-order chi connectivity index (χ1) is 11.6. The molecule has 0 aliphatic carbocycles. The topological polar surface area (TPSA) is 64.5 Å². The summed E-state index contributed by atoms with van der Waals surface area (Å²) in [5.74, 6) is 1.91. The number of amides is 1. The monoisotopic (exact) mass is 327 g/mol. The number of carbonyl (C=O) groups is 1. The van der Waals surface area contributed by atoms with Gasteiger partial charge < -0.3 is 14.4 Å². The molecule has 1 aromatic heterocycles. The zero-order valence-electron chi connectivity index (χ0n) is 13.9. The third-order valence-electron chi connectivity index (χ3n) is 3.89. The van der Waals surface area contributed by atoms with E-state index in [4.69, 9.17) is 9.47 Å². The molecular weight excluding hydrogens is 306 g/mol. The molecule has 1 amide bonds. The summed E-state index contributed by atoms with van der Waals surface area (Å²) < 4.78 is 11.4. The number of aromatic nitrogens is 2. The molecule has 0 spiro atoms. The number of rotatable bonds is 5. The summed E-state index contributed by atoms with van der Waals surface area (Å²) in [5.41, 5.74) is 1.11. The highest BCUT2D eigenvalue weighted by atomic mass is 16.5. The molecule has 2 aromatic rings. The molecule has 6 heteroatoms. The molecule has 1 fully saturated rings. The Hall–Kier alpha value is -2.63. The quantitative estimate of drug-likeness (QED) is 0.842. The molecule has 2 heterocycles. The second kappa shape index (κ2) is 7.29. The van der Waals surface area contributed by atoms with Gasteiger partial charge in [0.15, 0.2) is 6.61 Å². The third kappa shape index (κ3) is 4.22. The fraction of sp³-hybridized carbons (Fsp3) is 0.389. The van der Waals surface area contributed by atoms with Crippen LogP contribution in [-0.2, 0) is 4.79 Å². The Morgan fingerprint density at radius 1 is 1.33 bits per heavy atom. The minimum Gasteiger partial charge on any atom is -0.484 e. The number of nitrogens with zero attached hydrogens (tertiary/aromatic N) is 3. The Balaban J connectivity index is 1.49. The molecule has 1 aliphatic heterocycles. The van der Waals surface area contributed by atoms with E-state index in [2.05, 4.69) is 9.97 Å². The molecule has 0 N–H and O–H groups in total. The van der Waals surface area contributed by atoms with Gasteiger partial charge in [-0.1, -0.05) is 12.1 Å². The van der Waals surface area contributed by atoms with Gasteiger partial charge in [0.1, 0.15) is 17.7 Å². The first-order valence-electron chi connectivity index (χ1n) is 8.04. The maximum absolute atomic E-state index is 12.3. The van der Waals surface area contributed by atoms with Crippen molar-refractivity contribution in [3.8, 4) is 11.6 Å². The minimum atomic E-state index is -0.0396. The van der Waals surface area contributed by atoms with Crippen LogP contribution in [0.4, 0.5) is 0 Å². The van der Waals surface area contributed by atoms with Gasteiger partial charge in [0, 0.05) is 25.2 Å². The Kier molecular flexibility index (Phi) is 4.93. The van der Waals surface area contributed by atoms with Crippen LogP contribution in [0.15, 0.2) is 36.5 Å². The van der Waals surface area contributed by atoms with Gasteiger partial charge in [-0.05, 0) is 31.5 Å².